The zero-order chi connectivity index (χ0) is 13.0. The zero-order valence-electron chi connectivity index (χ0n) is 10.5. The summed E-state index contributed by atoms with van der Waals surface area (Å²) < 4.78 is 1.46. The number of hydrogen-bond donors (Lipinski definition) is 1. The monoisotopic (exact) mass is 247 g/mol. The second-order valence-corrected chi connectivity index (χ2v) is 4.83. The lowest BCUT2D eigenvalue weighted by Gasteiger charge is -2.29. The minimum Gasteiger partial charge on any atom is -0.352 e. The number of nitrogens with zero attached hydrogens (tertiary/aromatic N) is 4. The molecule has 0 bridgehead atoms. The Balaban J connectivity index is 1.91. The zero-order valence-corrected chi connectivity index (χ0v) is 10.5. The van der Waals surface area contributed by atoms with Gasteiger partial charge in [-0.1, -0.05) is 19.8 Å². The van der Waals surface area contributed by atoms with Crippen molar-refractivity contribution in [3.05, 3.63) is 12.2 Å². The number of amides is 1. The van der Waals surface area contributed by atoms with E-state index in [2.05, 4.69) is 22.4 Å². The van der Waals surface area contributed by atoms with Gasteiger partial charge in [-0.3, -0.25) is 9.36 Å². The molecule has 2 rings (SSSR count). The summed E-state index contributed by atoms with van der Waals surface area (Å²) in [5, 5.41) is 19.1. The molecular weight excluding hydrogens is 230 g/mol. The third-order valence-corrected chi connectivity index (χ3v) is 3.49. The Morgan fingerprint density at radius 1 is 1.61 bits per heavy atom. The lowest BCUT2D eigenvalue weighted by atomic mass is 9.86. The van der Waals surface area contributed by atoms with Crippen LogP contribution in [0.2, 0.25) is 0 Å². The maximum atomic E-state index is 11.9. The highest BCUT2D eigenvalue weighted by atomic mass is 16.2. The van der Waals surface area contributed by atoms with Gasteiger partial charge in [-0.2, -0.15) is 5.26 Å². The van der Waals surface area contributed by atoms with Crippen molar-refractivity contribution in [3.63, 3.8) is 0 Å². The molecule has 1 heterocycles. The molecule has 2 atom stereocenters. The fourth-order valence-corrected chi connectivity index (χ4v) is 2.40. The highest BCUT2D eigenvalue weighted by molar-refractivity contribution is 5.76. The topological polar surface area (TPSA) is 83.6 Å². The summed E-state index contributed by atoms with van der Waals surface area (Å²) in [6, 6.07) is 2.16. The van der Waals surface area contributed by atoms with Crippen LogP contribution < -0.4 is 5.32 Å². The van der Waals surface area contributed by atoms with Crippen LogP contribution in [0, 0.1) is 17.2 Å². The number of carbonyl (C=O) groups is 1. The van der Waals surface area contributed by atoms with E-state index < -0.39 is 0 Å². The molecule has 0 spiro atoms. The first-order valence-electron chi connectivity index (χ1n) is 6.28. The van der Waals surface area contributed by atoms with E-state index in [1.54, 1.807) is 0 Å². The van der Waals surface area contributed by atoms with Crippen LogP contribution in [0.1, 0.15) is 38.4 Å². The smallest absolute Gasteiger partial charge is 0.240 e. The van der Waals surface area contributed by atoms with E-state index >= 15 is 0 Å². The molecule has 0 radical (unpaired) electrons. The van der Waals surface area contributed by atoms with Gasteiger partial charge in [0, 0.05) is 6.04 Å². The number of rotatable bonds is 3. The first kappa shape index (κ1) is 12.6. The SMILES string of the molecule is CC1CCCCC1NC(=O)Cn1cnnc1C#N. The van der Waals surface area contributed by atoms with Crippen molar-refractivity contribution in [2.24, 2.45) is 5.92 Å². The van der Waals surface area contributed by atoms with Crippen LogP contribution in [0.3, 0.4) is 0 Å². The lowest BCUT2D eigenvalue weighted by Crippen LogP contribution is -2.42. The molecule has 18 heavy (non-hydrogen) atoms. The quantitative estimate of drug-likeness (QED) is 0.858. The number of nitrogens with one attached hydrogen (secondary N) is 1. The summed E-state index contributed by atoms with van der Waals surface area (Å²) in [5.74, 6) is 0.617. The minimum absolute atomic E-state index is 0.0787. The Hall–Kier alpha value is -1.90. The highest BCUT2D eigenvalue weighted by Crippen LogP contribution is 2.23. The van der Waals surface area contributed by atoms with Crippen molar-refractivity contribution in [3.8, 4) is 6.07 Å². The van der Waals surface area contributed by atoms with Crippen molar-refractivity contribution in [1.82, 2.24) is 20.1 Å². The molecule has 96 valence electrons. The molecule has 0 aromatic carbocycles. The molecule has 0 saturated heterocycles. The van der Waals surface area contributed by atoms with Gasteiger partial charge >= 0.3 is 0 Å². The molecule has 1 saturated carbocycles. The molecule has 1 amide bonds. The van der Waals surface area contributed by atoms with Crippen molar-refractivity contribution in [1.29, 1.82) is 5.26 Å². The van der Waals surface area contributed by atoms with Crippen molar-refractivity contribution in [2.45, 2.75) is 45.2 Å². The van der Waals surface area contributed by atoms with Gasteiger partial charge in [0.25, 0.3) is 0 Å². The summed E-state index contributed by atoms with van der Waals surface area (Å²) in [5.41, 5.74) is 0. The molecule has 1 N–H and O–H groups in total. The summed E-state index contributed by atoms with van der Waals surface area (Å²) in [6.45, 7) is 2.28. The molecule has 2 unspecified atom stereocenters. The summed E-state index contributed by atoms with van der Waals surface area (Å²) in [4.78, 5) is 11.9. The second-order valence-electron chi connectivity index (χ2n) is 4.83. The van der Waals surface area contributed by atoms with Crippen molar-refractivity contribution in [2.75, 3.05) is 0 Å². The van der Waals surface area contributed by atoms with Crippen LogP contribution in [0.4, 0.5) is 0 Å². The van der Waals surface area contributed by atoms with E-state index in [4.69, 9.17) is 5.26 Å². The number of nitriles is 1. The summed E-state index contributed by atoms with van der Waals surface area (Å²) in [7, 11) is 0. The molecule has 0 aliphatic heterocycles. The Bertz CT molecular complexity index is 461. The van der Waals surface area contributed by atoms with Gasteiger partial charge in [0.2, 0.25) is 11.7 Å². The first-order chi connectivity index (χ1) is 8.70. The van der Waals surface area contributed by atoms with Gasteiger partial charge in [-0.05, 0) is 18.8 Å². The van der Waals surface area contributed by atoms with Crippen LogP contribution in [0.5, 0.6) is 0 Å². The maximum Gasteiger partial charge on any atom is 0.240 e. The first-order valence-corrected chi connectivity index (χ1v) is 6.28. The Morgan fingerprint density at radius 2 is 2.39 bits per heavy atom. The Morgan fingerprint density at radius 3 is 3.11 bits per heavy atom. The van der Waals surface area contributed by atoms with E-state index in [9.17, 15) is 4.79 Å². The molecule has 1 aromatic rings. The number of aromatic nitrogens is 3. The lowest BCUT2D eigenvalue weighted by molar-refractivity contribution is -0.123. The summed E-state index contributed by atoms with van der Waals surface area (Å²) in [6.07, 6.45) is 6.03. The standard InChI is InChI=1S/C12H17N5O/c1-9-4-2-3-5-10(9)15-12(18)7-17-8-14-16-11(17)6-13/h8-10H,2-5,7H2,1H3,(H,15,18). The third kappa shape index (κ3) is 2.86. The predicted molar refractivity (Wildman–Crippen MR) is 64.3 cm³/mol. The minimum atomic E-state index is -0.0787. The van der Waals surface area contributed by atoms with E-state index in [1.165, 1.54) is 30.2 Å². The van der Waals surface area contributed by atoms with Gasteiger partial charge in [-0.25, -0.2) is 0 Å². The van der Waals surface area contributed by atoms with Crippen molar-refractivity contribution >= 4 is 5.91 Å². The molecular formula is C12H17N5O. The molecule has 1 aromatic heterocycles. The normalized spacial score (nSPS) is 23.3. The Kier molecular flexibility index (Phi) is 3.92. The number of carbonyl (C=O) groups excluding carboxylic acids is 1. The van der Waals surface area contributed by atoms with E-state index in [0.717, 1.165) is 6.42 Å². The van der Waals surface area contributed by atoms with E-state index in [0.29, 0.717) is 5.92 Å². The van der Waals surface area contributed by atoms with Gasteiger partial charge < -0.3 is 5.32 Å². The highest BCUT2D eigenvalue weighted by Gasteiger charge is 2.23. The van der Waals surface area contributed by atoms with Gasteiger partial charge in [0.15, 0.2) is 0 Å². The van der Waals surface area contributed by atoms with Gasteiger partial charge in [0.1, 0.15) is 18.9 Å². The average molecular weight is 247 g/mol. The molecule has 1 aliphatic carbocycles. The van der Waals surface area contributed by atoms with Crippen LogP contribution in [0.25, 0.3) is 0 Å². The largest absolute Gasteiger partial charge is 0.352 e. The van der Waals surface area contributed by atoms with E-state index in [1.807, 2.05) is 6.07 Å². The second kappa shape index (κ2) is 5.63. The molecule has 1 aliphatic rings. The fraction of sp³-hybridized carbons (Fsp3) is 0.667. The van der Waals surface area contributed by atoms with Crippen LogP contribution in [0.15, 0.2) is 6.33 Å². The molecule has 1 fully saturated rings. The maximum absolute atomic E-state index is 11.9. The summed E-state index contributed by atoms with van der Waals surface area (Å²) >= 11 is 0. The fourth-order valence-electron chi connectivity index (χ4n) is 2.40. The predicted octanol–water partition coefficient (Wildman–Crippen LogP) is 0.845. The molecule has 6 nitrogen and oxygen atoms in total. The number of hydrogen-bond acceptors (Lipinski definition) is 4. The van der Waals surface area contributed by atoms with Crippen molar-refractivity contribution < 1.29 is 4.79 Å². The Labute approximate surface area is 106 Å². The van der Waals surface area contributed by atoms with E-state index in [-0.39, 0.29) is 24.3 Å². The van der Waals surface area contributed by atoms with Gasteiger partial charge in [0.05, 0.1) is 0 Å². The van der Waals surface area contributed by atoms with Crippen LogP contribution in [-0.4, -0.2) is 26.7 Å². The van der Waals surface area contributed by atoms with Crippen LogP contribution in [-0.2, 0) is 11.3 Å². The third-order valence-electron chi connectivity index (χ3n) is 3.49. The van der Waals surface area contributed by atoms with Gasteiger partial charge in [-0.15, -0.1) is 10.2 Å². The average Bonchev–Trinajstić information content (AvgIpc) is 2.79. The molecule has 6 heteroatoms. The van der Waals surface area contributed by atoms with Crippen LogP contribution >= 0.6 is 0 Å².